The molecule has 78 valence electrons. The second kappa shape index (κ2) is 5.70. The Labute approximate surface area is 83.8 Å². The summed E-state index contributed by atoms with van der Waals surface area (Å²) < 4.78 is 0. The maximum absolute atomic E-state index is 9.75. The van der Waals surface area contributed by atoms with Crippen LogP contribution in [0.25, 0.3) is 0 Å². The van der Waals surface area contributed by atoms with Crippen LogP contribution in [-0.4, -0.2) is 46.8 Å². The summed E-state index contributed by atoms with van der Waals surface area (Å²) in [6.07, 6.45) is 2.78. The molecule has 0 spiro atoms. The van der Waals surface area contributed by atoms with E-state index in [1.54, 1.807) is 18.5 Å². The quantitative estimate of drug-likeness (QED) is 0.698. The summed E-state index contributed by atoms with van der Waals surface area (Å²) in [5, 5.41) is 18.4. The Kier molecular flexibility index (Phi) is 4.52. The Morgan fingerprint density at radius 1 is 1.57 bits per heavy atom. The Morgan fingerprint density at radius 3 is 2.93 bits per heavy atom. The van der Waals surface area contributed by atoms with Crippen LogP contribution in [0.5, 0.6) is 0 Å². The zero-order valence-electron chi connectivity index (χ0n) is 8.30. The van der Waals surface area contributed by atoms with Crippen LogP contribution in [0.3, 0.4) is 0 Å². The zero-order chi connectivity index (χ0) is 10.4. The van der Waals surface area contributed by atoms with Gasteiger partial charge in [0.1, 0.15) is 0 Å². The van der Waals surface area contributed by atoms with E-state index in [1.807, 2.05) is 18.0 Å². The predicted molar refractivity (Wildman–Crippen MR) is 53.8 cm³/mol. The van der Waals surface area contributed by atoms with E-state index in [4.69, 9.17) is 5.11 Å². The van der Waals surface area contributed by atoms with Gasteiger partial charge in [0.2, 0.25) is 0 Å². The van der Waals surface area contributed by atoms with Crippen LogP contribution in [0.4, 0.5) is 0 Å². The fourth-order valence-electron chi connectivity index (χ4n) is 1.24. The molecule has 1 aromatic rings. The van der Waals surface area contributed by atoms with Gasteiger partial charge in [-0.2, -0.15) is 0 Å². The molecule has 0 aliphatic heterocycles. The first-order valence-corrected chi connectivity index (χ1v) is 4.61. The SMILES string of the molecule is CN(CCO)CC(O)c1cccnc1. The van der Waals surface area contributed by atoms with E-state index >= 15 is 0 Å². The van der Waals surface area contributed by atoms with E-state index in [0.29, 0.717) is 13.1 Å². The number of pyridine rings is 1. The molecule has 0 fully saturated rings. The minimum Gasteiger partial charge on any atom is -0.395 e. The van der Waals surface area contributed by atoms with Crippen molar-refractivity contribution in [3.05, 3.63) is 30.1 Å². The zero-order valence-corrected chi connectivity index (χ0v) is 8.30. The van der Waals surface area contributed by atoms with Crippen molar-refractivity contribution in [2.75, 3.05) is 26.7 Å². The monoisotopic (exact) mass is 196 g/mol. The molecular formula is C10H16N2O2. The first-order chi connectivity index (χ1) is 6.74. The van der Waals surface area contributed by atoms with Crippen molar-refractivity contribution in [2.24, 2.45) is 0 Å². The molecule has 0 saturated carbocycles. The van der Waals surface area contributed by atoms with Gasteiger partial charge in [0.05, 0.1) is 12.7 Å². The van der Waals surface area contributed by atoms with Crippen molar-refractivity contribution in [1.29, 1.82) is 0 Å². The number of hydrogen-bond acceptors (Lipinski definition) is 4. The molecule has 4 nitrogen and oxygen atoms in total. The van der Waals surface area contributed by atoms with E-state index in [2.05, 4.69) is 4.98 Å². The molecule has 14 heavy (non-hydrogen) atoms. The minimum absolute atomic E-state index is 0.107. The van der Waals surface area contributed by atoms with Crippen molar-refractivity contribution < 1.29 is 10.2 Å². The summed E-state index contributed by atoms with van der Waals surface area (Å²) in [7, 11) is 1.86. The topological polar surface area (TPSA) is 56.6 Å². The molecule has 0 radical (unpaired) electrons. The van der Waals surface area contributed by atoms with Gasteiger partial charge in [-0.3, -0.25) is 4.98 Å². The van der Waals surface area contributed by atoms with E-state index in [-0.39, 0.29) is 6.61 Å². The third-order valence-electron chi connectivity index (χ3n) is 2.04. The highest BCUT2D eigenvalue weighted by Gasteiger charge is 2.09. The molecular weight excluding hydrogens is 180 g/mol. The highest BCUT2D eigenvalue weighted by Crippen LogP contribution is 2.11. The van der Waals surface area contributed by atoms with Crippen molar-refractivity contribution >= 4 is 0 Å². The third-order valence-corrected chi connectivity index (χ3v) is 2.04. The smallest absolute Gasteiger partial charge is 0.0931 e. The predicted octanol–water partition coefficient (Wildman–Crippen LogP) is 0.0391. The maximum Gasteiger partial charge on any atom is 0.0931 e. The molecule has 1 heterocycles. The lowest BCUT2D eigenvalue weighted by atomic mass is 10.1. The van der Waals surface area contributed by atoms with Gasteiger partial charge in [-0.05, 0) is 13.1 Å². The van der Waals surface area contributed by atoms with Crippen LogP contribution in [0.15, 0.2) is 24.5 Å². The molecule has 0 aromatic carbocycles. The number of aliphatic hydroxyl groups is 2. The number of aromatic nitrogens is 1. The molecule has 1 aromatic heterocycles. The van der Waals surface area contributed by atoms with Gasteiger partial charge in [-0.25, -0.2) is 0 Å². The lowest BCUT2D eigenvalue weighted by Crippen LogP contribution is -2.27. The molecule has 0 amide bonds. The van der Waals surface area contributed by atoms with E-state index in [0.717, 1.165) is 5.56 Å². The van der Waals surface area contributed by atoms with E-state index in [1.165, 1.54) is 0 Å². The van der Waals surface area contributed by atoms with Crippen LogP contribution in [-0.2, 0) is 0 Å². The minimum atomic E-state index is -0.541. The number of rotatable bonds is 5. The summed E-state index contributed by atoms with van der Waals surface area (Å²) in [5.41, 5.74) is 0.803. The highest BCUT2D eigenvalue weighted by atomic mass is 16.3. The number of hydrogen-bond donors (Lipinski definition) is 2. The number of aliphatic hydroxyl groups excluding tert-OH is 2. The molecule has 1 rings (SSSR count). The summed E-state index contributed by atoms with van der Waals surface area (Å²) in [6, 6.07) is 3.63. The highest BCUT2D eigenvalue weighted by molar-refractivity contribution is 5.11. The summed E-state index contributed by atoms with van der Waals surface area (Å²) in [5.74, 6) is 0. The van der Waals surface area contributed by atoms with Gasteiger partial charge >= 0.3 is 0 Å². The molecule has 0 aliphatic rings. The van der Waals surface area contributed by atoms with Gasteiger partial charge < -0.3 is 15.1 Å². The molecule has 1 unspecified atom stereocenters. The lowest BCUT2D eigenvalue weighted by molar-refractivity contribution is 0.115. The normalized spacial score (nSPS) is 13.1. The van der Waals surface area contributed by atoms with Crippen molar-refractivity contribution in [1.82, 2.24) is 9.88 Å². The standard InChI is InChI=1S/C10H16N2O2/c1-12(5-6-13)8-10(14)9-3-2-4-11-7-9/h2-4,7,10,13-14H,5-6,8H2,1H3. The summed E-state index contributed by atoms with van der Waals surface area (Å²) in [6.45, 7) is 1.18. The van der Waals surface area contributed by atoms with Gasteiger partial charge in [0.15, 0.2) is 0 Å². The number of likely N-dealkylation sites (N-methyl/N-ethyl adjacent to an activating group) is 1. The largest absolute Gasteiger partial charge is 0.395 e. The van der Waals surface area contributed by atoms with Gasteiger partial charge in [-0.15, -0.1) is 0 Å². The third kappa shape index (κ3) is 3.41. The first-order valence-electron chi connectivity index (χ1n) is 4.61. The average Bonchev–Trinajstić information content (AvgIpc) is 2.19. The fourth-order valence-corrected chi connectivity index (χ4v) is 1.24. The van der Waals surface area contributed by atoms with Crippen LogP contribution in [0.2, 0.25) is 0 Å². The molecule has 1 atom stereocenters. The Bertz CT molecular complexity index is 254. The van der Waals surface area contributed by atoms with Crippen molar-refractivity contribution in [3.8, 4) is 0 Å². The van der Waals surface area contributed by atoms with Crippen molar-refractivity contribution in [3.63, 3.8) is 0 Å². The Hall–Kier alpha value is -0.970. The van der Waals surface area contributed by atoms with Crippen LogP contribution in [0.1, 0.15) is 11.7 Å². The second-order valence-corrected chi connectivity index (χ2v) is 3.29. The average molecular weight is 196 g/mol. The maximum atomic E-state index is 9.75. The Balaban J connectivity index is 2.46. The molecule has 0 saturated heterocycles. The molecule has 0 bridgehead atoms. The van der Waals surface area contributed by atoms with Crippen molar-refractivity contribution in [2.45, 2.75) is 6.10 Å². The fraction of sp³-hybridized carbons (Fsp3) is 0.500. The molecule has 4 heteroatoms. The van der Waals surface area contributed by atoms with Gasteiger partial charge in [0, 0.05) is 31.0 Å². The van der Waals surface area contributed by atoms with E-state index in [9.17, 15) is 5.11 Å². The summed E-state index contributed by atoms with van der Waals surface area (Å²) >= 11 is 0. The molecule has 0 aliphatic carbocycles. The lowest BCUT2D eigenvalue weighted by Gasteiger charge is -2.19. The van der Waals surface area contributed by atoms with E-state index < -0.39 is 6.10 Å². The first kappa shape index (κ1) is 11.1. The Morgan fingerprint density at radius 2 is 2.36 bits per heavy atom. The van der Waals surface area contributed by atoms with Crippen LogP contribution in [0, 0.1) is 0 Å². The van der Waals surface area contributed by atoms with Crippen LogP contribution >= 0.6 is 0 Å². The number of nitrogens with zero attached hydrogens (tertiary/aromatic N) is 2. The molecule has 2 N–H and O–H groups in total. The van der Waals surface area contributed by atoms with Gasteiger partial charge in [0.25, 0.3) is 0 Å². The van der Waals surface area contributed by atoms with Gasteiger partial charge in [-0.1, -0.05) is 6.07 Å². The summed E-state index contributed by atoms with van der Waals surface area (Å²) in [4.78, 5) is 5.80. The van der Waals surface area contributed by atoms with Crippen LogP contribution < -0.4 is 0 Å². The second-order valence-electron chi connectivity index (χ2n) is 3.29.